The molecular formula is C48H44Cl4O2P2Ru. The molecule has 2 nitrogen and oxygen atoms in total. The predicted octanol–water partition coefficient (Wildman–Crippen LogP) is 9.00. The summed E-state index contributed by atoms with van der Waals surface area (Å²) in [6, 6.07) is 59.4. The van der Waals surface area contributed by atoms with Crippen molar-refractivity contribution in [1.29, 1.82) is 0 Å². The van der Waals surface area contributed by atoms with E-state index in [4.69, 9.17) is 32.7 Å². The minimum absolute atomic E-state index is 0. The van der Waals surface area contributed by atoms with Gasteiger partial charge < -0.3 is 21.9 Å². The molecule has 57 heavy (non-hydrogen) atoms. The molecule has 0 aliphatic carbocycles. The van der Waals surface area contributed by atoms with Gasteiger partial charge in [-0.15, -0.1) is 0 Å². The number of benzene rings is 7. The third-order valence-corrected chi connectivity index (χ3v) is 14.7. The second kappa shape index (κ2) is 23.4. The van der Waals surface area contributed by atoms with Crippen LogP contribution in [-0.2, 0) is 17.3 Å². The van der Waals surface area contributed by atoms with E-state index >= 15 is 0 Å². The Morgan fingerprint density at radius 2 is 0.754 bits per heavy atom. The Morgan fingerprint density at radius 3 is 1.02 bits per heavy atom. The molecule has 0 heterocycles. The Labute approximate surface area is 371 Å². The van der Waals surface area contributed by atoms with Crippen LogP contribution >= 0.6 is 48.7 Å². The molecule has 7 rings (SSSR count). The van der Waals surface area contributed by atoms with Gasteiger partial charge in [0, 0.05) is 11.1 Å². The van der Waals surface area contributed by atoms with Crippen molar-refractivity contribution in [3.63, 3.8) is 0 Å². The van der Waals surface area contributed by atoms with Gasteiger partial charge in [0.15, 0.2) is 0 Å². The summed E-state index contributed by atoms with van der Waals surface area (Å²) < 4.78 is 12.3. The average Bonchev–Trinajstić information content (AvgIpc) is 3.24. The zero-order chi connectivity index (χ0) is 40.0. The van der Waals surface area contributed by atoms with Crippen LogP contribution in [0.1, 0.15) is 30.9 Å². The summed E-state index contributed by atoms with van der Waals surface area (Å²) in [5.41, 5.74) is 4.55. The van der Waals surface area contributed by atoms with Crippen molar-refractivity contribution in [1.82, 2.24) is 0 Å². The summed E-state index contributed by atoms with van der Waals surface area (Å²) in [7, 11) is 5.88. The van der Waals surface area contributed by atoms with Crippen LogP contribution in [0.2, 0.25) is 10.0 Å². The van der Waals surface area contributed by atoms with Gasteiger partial charge >= 0.3 is 27.0 Å². The van der Waals surface area contributed by atoms with Gasteiger partial charge in [0.2, 0.25) is 0 Å². The monoisotopic (exact) mass is 956 g/mol. The van der Waals surface area contributed by atoms with Crippen molar-refractivity contribution in [2.24, 2.45) is 0 Å². The molecule has 294 valence electrons. The molecule has 0 atom stereocenters. The first-order valence-electron chi connectivity index (χ1n) is 18.1. The van der Waals surface area contributed by atoms with Crippen LogP contribution in [-0.4, -0.2) is 14.2 Å². The van der Waals surface area contributed by atoms with Crippen LogP contribution in [0, 0.1) is 6.92 Å². The molecule has 0 aliphatic heterocycles. The third kappa shape index (κ3) is 11.5. The van der Waals surface area contributed by atoms with Crippen molar-refractivity contribution < 1.29 is 39.2 Å². The van der Waals surface area contributed by atoms with E-state index < -0.39 is 15.8 Å². The van der Waals surface area contributed by atoms with Gasteiger partial charge in [-0.1, -0.05) is 200 Å². The van der Waals surface area contributed by atoms with E-state index in [1.165, 1.54) is 32.3 Å². The Morgan fingerprint density at radius 1 is 0.456 bits per heavy atom. The van der Waals surface area contributed by atoms with Gasteiger partial charge in [-0.3, -0.25) is 0 Å². The van der Waals surface area contributed by atoms with Crippen LogP contribution in [0.5, 0.6) is 11.5 Å². The van der Waals surface area contributed by atoms with E-state index in [1.54, 1.807) is 14.2 Å². The van der Waals surface area contributed by atoms with Gasteiger partial charge in [0.1, 0.15) is 11.5 Å². The predicted molar refractivity (Wildman–Crippen MR) is 244 cm³/mol. The number of halogens is 4. The normalized spacial score (nSPS) is 10.5. The van der Waals surface area contributed by atoms with Crippen LogP contribution in [0.3, 0.4) is 0 Å². The molecule has 0 aromatic heterocycles. The number of ether oxygens (including phenoxy) is 2. The van der Waals surface area contributed by atoms with Crippen LogP contribution in [0.25, 0.3) is 11.1 Å². The molecule has 7 aromatic rings. The molecular weight excluding hydrogens is 913 g/mol. The number of methoxy groups -OCH3 is 2. The first-order valence-corrected chi connectivity index (χ1v) is 23.7. The van der Waals surface area contributed by atoms with Crippen molar-refractivity contribution in [2.45, 2.75) is 26.7 Å². The van der Waals surface area contributed by atoms with Gasteiger partial charge in [-0.05, 0) is 78.2 Å². The van der Waals surface area contributed by atoms with E-state index in [1.807, 2.05) is 29.4 Å². The quantitative estimate of drug-likeness (QED) is 0.101. The SMILES string of the molecule is COc1c(Cl)ccc(P(c2ccccc2)c2ccccc2)c1-c1c(P(c2ccccc2)c2ccccc2)ccc(Cl)c1OC.Cc1ccc(C(C)C)cc1.[Cl-].[Cl][Ru+]. The Kier molecular flexibility index (Phi) is 19.1. The van der Waals surface area contributed by atoms with E-state index in [0.717, 1.165) is 21.7 Å². The molecule has 0 amide bonds. The van der Waals surface area contributed by atoms with Gasteiger partial charge in [-0.25, -0.2) is 0 Å². The molecule has 0 aliphatic rings. The number of hydrogen-bond acceptors (Lipinski definition) is 2. The molecule has 0 N–H and O–H groups in total. The standard InChI is InChI=1S/C38H30Cl2O2P2.C10H14.2ClH.Ru/c1-41-37-31(39)23-25-33(43(27-15-7-3-8-16-27)28-17-9-4-10-18-28)35(37)36-34(26-24-32(40)38(36)42-2)44(29-19-11-5-12-20-29)30-21-13-6-14-22-30;1-8(2)10-6-4-9(3)5-7-10;;;/h3-26H,1-2H3;4-8H,1-3H3;2*1H;/q;;;;+2/p-2. The Balaban J connectivity index is 0.000000480. The Bertz CT molecular complexity index is 2050. The van der Waals surface area contributed by atoms with Crippen molar-refractivity contribution in [3.05, 3.63) is 191 Å². The molecule has 0 saturated heterocycles. The summed E-state index contributed by atoms with van der Waals surface area (Å²) in [5.74, 6) is 1.85. The second-order valence-electron chi connectivity index (χ2n) is 13.0. The maximum absolute atomic E-state index is 6.96. The summed E-state index contributed by atoms with van der Waals surface area (Å²) >= 11 is 15.7. The van der Waals surface area contributed by atoms with Gasteiger partial charge in [0.25, 0.3) is 0 Å². The Hall–Kier alpha value is -3.22. The second-order valence-corrected chi connectivity index (χ2v) is 18.2. The molecule has 0 spiro atoms. The van der Waals surface area contributed by atoms with Gasteiger partial charge in [-0.2, -0.15) is 0 Å². The number of hydrogen-bond donors (Lipinski definition) is 0. The summed E-state index contributed by atoms with van der Waals surface area (Å²) in [5, 5.41) is 8.14. The zero-order valence-corrected chi connectivity index (χ0v) is 38.9. The van der Waals surface area contributed by atoms with Crippen LogP contribution in [0.15, 0.2) is 170 Å². The maximum atomic E-state index is 6.96. The minimum atomic E-state index is -1.02. The number of rotatable bonds is 10. The summed E-state index contributed by atoms with van der Waals surface area (Å²) in [6.45, 7) is 6.54. The van der Waals surface area contributed by atoms with E-state index in [9.17, 15) is 0 Å². The van der Waals surface area contributed by atoms with Crippen molar-refractivity contribution >= 4 is 80.6 Å². The molecule has 9 heteroatoms. The fraction of sp³-hybridized carbons (Fsp3) is 0.125. The topological polar surface area (TPSA) is 18.5 Å². The fourth-order valence-electron chi connectivity index (χ4n) is 6.46. The first kappa shape index (κ1) is 46.5. The molecule has 7 aromatic carbocycles. The molecule has 0 radical (unpaired) electrons. The third-order valence-electron chi connectivity index (χ3n) is 9.12. The van der Waals surface area contributed by atoms with Crippen LogP contribution < -0.4 is 53.7 Å². The van der Waals surface area contributed by atoms with E-state index in [0.29, 0.717) is 27.5 Å². The van der Waals surface area contributed by atoms with Gasteiger partial charge in [0.05, 0.1) is 24.3 Å². The summed E-state index contributed by atoms with van der Waals surface area (Å²) in [4.78, 5) is 0. The molecule has 0 unspecified atom stereocenters. The average molecular weight is 958 g/mol. The number of aryl methyl sites for hydroxylation is 1. The molecule has 0 fully saturated rings. The molecule has 0 saturated carbocycles. The van der Waals surface area contributed by atoms with E-state index in [-0.39, 0.29) is 12.4 Å². The zero-order valence-electron chi connectivity index (χ0n) is 32.3. The molecule has 0 bridgehead atoms. The fourth-order valence-corrected chi connectivity index (χ4v) is 11.8. The van der Waals surface area contributed by atoms with Crippen LogP contribution in [0.4, 0.5) is 0 Å². The van der Waals surface area contributed by atoms with Crippen molar-refractivity contribution in [2.75, 3.05) is 14.2 Å². The van der Waals surface area contributed by atoms with Crippen molar-refractivity contribution in [3.8, 4) is 22.6 Å². The van der Waals surface area contributed by atoms with E-state index in [2.05, 4.69) is 188 Å². The summed E-state index contributed by atoms with van der Waals surface area (Å²) in [6.07, 6.45) is 0. The first-order chi connectivity index (χ1) is 27.3.